The zero-order chi connectivity index (χ0) is 12.5. The summed E-state index contributed by atoms with van der Waals surface area (Å²) in [6.07, 6.45) is 3.18. The number of aryl methyl sites for hydroxylation is 1. The number of carbonyl (C=O) groups excluding carboxylic acids is 1. The maximum absolute atomic E-state index is 11.3. The number of rotatable bonds is 6. The zero-order valence-electron chi connectivity index (χ0n) is 10.3. The summed E-state index contributed by atoms with van der Waals surface area (Å²) in [5, 5.41) is 0. The number of ether oxygens (including phenoxy) is 2. The fourth-order valence-electron chi connectivity index (χ4n) is 1.33. The third-order valence-corrected chi connectivity index (χ3v) is 2.13. The smallest absolute Gasteiger partial charge is 0.330 e. The Labute approximate surface area is 102 Å². The lowest BCUT2D eigenvalue weighted by atomic mass is 10.1. The molecule has 1 aromatic rings. The van der Waals surface area contributed by atoms with E-state index in [0.717, 1.165) is 11.1 Å². The molecule has 0 unspecified atom stereocenters. The summed E-state index contributed by atoms with van der Waals surface area (Å²) < 4.78 is 10.0. The highest BCUT2D eigenvalue weighted by atomic mass is 16.6. The van der Waals surface area contributed by atoms with Gasteiger partial charge in [-0.05, 0) is 25.5 Å². The summed E-state index contributed by atoms with van der Waals surface area (Å²) in [5.74, 6) is -0.341. The van der Waals surface area contributed by atoms with Crippen LogP contribution in [0.15, 0.2) is 30.3 Å². The van der Waals surface area contributed by atoms with Gasteiger partial charge in [0, 0.05) is 12.7 Å². The quantitative estimate of drug-likeness (QED) is 0.431. The van der Waals surface area contributed by atoms with Crippen molar-refractivity contribution < 1.29 is 14.3 Å². The van der Waals surface area contributed by atoms with Gasteiger partial charge in [-0.25, -0.2) is 4.79 Å². The molecule has 0 aliphatic carbocycles. The summed E-state index contributed by atoms with van der Waals surface area (Å²) in [5.41, 5.74) is 2.16. The molecule has 1 aromatic carbocycles. The van der Waals surface area contributed by atoms with Gasteiger partial charge in [0.1, 0.15) is 6.61 Å². The van der Waals surface area contributed by atoms with E-state index in [1.165, 1.54) is 6.08 Å². The van der Waals surface area contributed by atoms with Crippen LogP contribution in [0.2, 0.25) is 0 Å². The van der Waals surface area contributed by atoms with Gasteiger partial charge in [0.05, 0.1) is 6.61 Å². The summed E-state index contributed by atoms with van der Waals surface area (Å²) in [7, 11) is 0. The SMILES string of the molecule is CCOCCOC(=O)/C=C/c1cccc(C)c1. The van der Waals surface area contributed by atoms with E-state index in [4.69, 9.17) is 9.47 Å². The van der Waals surface area contributed by atoms with Gasteiger partial charge in [0.25, 0.3) is 0 Å². The van der Waals surface area contributed by atoms with Gasteiger partial charge in [-0.2, -0.15) is 0 Å². The molecule has 0 aromatic heterocycles. The van der Waals surface area contributed by atoms with Crippen molar-refractivity contribution in [3.63, 3.8) is 0 Å². The Balaban J connectivity index is 2.35. The van der Waals surface area contributed by atoms with Crippen LogP contribution in [-0.4, -0.2) is 25.8 Å². The van der Waals surface area contributed by atoms with Crippen LogP contribution in [0, 0.1) is 6.92 Å². The minimum atomic E-state index is -0.341. The first-order valence-corrected chi connectivity index (χ1v) is 5.71. The second-order valence-corrected chi connectivity index (χ2v) is 3.61. The second kappa shape index (κ2) is 7.63. The van der Waals surface area contributed by atoms with Gasteiger partial charge >= 0.3 is 5.97 Å². The summed E-state index contributed by atoms with van der Waals surface area (Å²) in [4.78, 5) is 11.3. The van der Waals surface area contributed by atoms with Gasteiger partial charge in [-0.15, -0.1) is 0 Å². The van der Waals surface area contributed by atoms with Crippen molar-refractivity contribution in [1.82, 2.24) is 0 Å². The van der Waals surface area contributed by atoms with Crippen molar-refractivity contribution in [2.24, 2.45) is 0 Å². The Kier molecular flexibility index (Phi) is 6.04. The van der Waals surface area contributed by atoms with E-state index < -0.39 is 0 Å². The summed E-state index contributed by atoms with van der Waals surface area (Å²) >= 11 is 0. The molecular formula is C14H18O3. The van der Waals surface area contributed by atoms with Crippen LogP contribution in [0.1, 0.15) is 18.1 Å². The molecule has 0 atom stereocenters. The monoisotopic (exact) mass is 234 g/mol. The van der Waals surface area contributed by atoms with Crippen LogP contribution < -0.4 is 0 Å². The Morgan fingerprint density at radius 2 is 2.18 bits per heavy atom. The first-order valence-electron chi connectivity index (χ1n) is 5.71. The Hall–Kier alpha value is -1.61. The standard InChI is InChI=1S/C14H18O3/c1-3-16-9-10-17-14(15)8-7-13-6-4-5-12(2)11-13/h4-8,11H,3,9-10H2,1-2H3/b8-7+. The molecule has 17 heavy (non-hydrogen) atoms. The highest BCUT2D eigenvalue weighted by molar-refractivity contribution is 5.87. The predicted octanol–water partition coefficient (Wildman–Crippen LogP) is 2.59. The van der Waals surface area contributed by atoms with Crippen molar-refractivity contribution in [1.29, 1.82) is 0 Å². The highest BCUT2D eigenvalue weighted by Crippen LogP contribution is 2.05. The fraction of sp³-hybridized carbons (Fsp3) is 0.357. The van der Waals surface area contributed by atoms with Gasteiger partial charge < -0.3 is 9.47 Å². The molecule has 0 heterocycles. The van der Waals surface area contributed by atoms with Gasteiger partial charge in [0.2, 0.25) is 0 Å². The van der Waals surface area contributed by atoms with E-state index in [2.05, 4.69) is 0 Å². The van der Waals surface area contributed by atoms with Crippen molar-refractivity contribution in [2.45, 2.75) is 13.8 Å². The minimum absolute atomic E-state index is 0.296. The molecule has 0 radical (unpaired) electrons. The molecule has 0 saturated carbocycles. The number of hydrogen-bond acceptors (Lipinski definition) is 3. The molecule has 0 spiro atoms. The van der Waals surface area contributed by atoms with E-state index >= 15 is 0 Å². The van der Waals surface area contributed by atoms with E-state index in [9.17, 15) is 4.79 Å². The first kappa shape index (κ1) is 13.5. The summed E-state index contributed by atoms with van der Waals surface area (Å²) in [6.45, 7) is 5.29. The molecule has 3 nitrogen and oxygen atoms in total. The van der Waals surface area contributed by atoms with Crippen molar-refractivity contribution in [3.8, 4) is 0 Å². The molecule has 0 aliphatic rings. The normalized spacial score (nSPS) is 10.7. The number of hydrogen-bond donors (Lipinski definition) is 0. The predicted molar refractivity (Wildman–Crippen MR) is 67.7 cm³/mol. The topological polar surface area (TPSA) is 35.5 Å². The lowest BCUT2D eigenvalue weighted by Gasteiger charge is -2.01. The summed E-state index contributed by atoms with van der Waals surface area (Å²) in [6, 6.07) is 7.91. The Morgan fingerprint density at radius 1 is 1.35 bits per heavy atom. The third kappa shape index (κ3) is 5.88. The van der Waals surface area contributed by atoms with Crippen LogP contribution in [0.5, 0.6) is 0 Å². The van der Waals surface area contributed by atoms with Crippen molar-refractivity contribution in [2.75, 3.05) is 19.8 Å². The van der Waals surface area contributed by atoms with E-state index in [-0.39, 0.29) is 5.97 Å². The van der Waals surface area contributed by atoms with Crippen LogP contribution in [0.3, 0.4) is 0 Å². The average molecular weight is 234 g/mol. The molecule has 0 fully saturated rings. The van der Waals surface area contributed by atoms with Gasteiger partial charge in [-0.3, -0.25) is 0 Å². The minimum Gasteiger partial charge on any atom is -0.460 e. The number of carbonyl (C=O) groups is 1. The first-order chi connectivity index (χ1) is 8.22. The van der Waals surface area contributed by atoms with Crippen LogP contribution in [0.4, 0.5) is 0 Å². The van der Waals surface area contributed by atoms with Crippen LogP contribution in [-0.2, 0) is 14.3 Å². The lowest BCUT2D eigenvalue weighted by molar-refractivity contribution is -0.139. The van der Waals surface area contributed by atoms with Gasteiger partial charge in [0.15, 0.2) is 0 Å². The van der Waals surface area contributed by atoms with Crippen molar-refractivity contribution in [3.05, 3.63) is 41.5 Å². The van der Waals surface area contributed by atoms with Crippen LogP contribution >= 0.6 is 0 Å². The Bertz CT molecular complexity index is 383. The van der Waals surface area contributed by atoms with Crippen molar-refractivity contribution >= 4 is 12.0 Å². The lowest BCUT2D eigenvalue weighted by Crippen LogP contribution is -2.08. The molecule has 92 valence electrons. The molecule has 3 heteroatoms. The molecule has 0 aliphatic heterocycles. The molecule has 0 N–H and O–H groups in total. The number of benzene rings is 1. The maximum atomic E-state index is 11.3. The van der Waals surface area contributed by atoms with Crippen LogP contribution in [0.25, 0.3) is 6.08 Å². The molecule has 1 rings (SSSR count). The molecule has 0 amide bonds. The second-order valence-electron chi connectivity index (χ2n) is 3.61. The van der Waals surface area contributed by atoms with E-state index in [1.54, 1.807) is 6.08 Å². The fourth-order valence-corrected chi connectivity index (χ4v) is 1.33. The zero-order valence-corrected chi connectivity index (χ0v) is 10.3. The van der Waals surface area contributed by atoms with Gasteiger partial charge in [-0.1, -0.05) is 29.8 Å². The molecule has 0 saturated heterocycles. The maximum Gasteiger partial charge on any atom is 0.330 e. The largest absolute Gasteiger partial charge is 0.460 e. The highest BCUT2D eigenvalue weighted by Gasteiger charge is 1.96. The molecule has 0 bridgehead atoms. The van der Waals surface area contributed by atoms with E-state index in [0.29, 0.717) is 19.8 Å². The Morgan fingerprint density at radius 3 is 2.88 bits per heavy atom. The third-order valence-electron chi connectivity index (χ3n) is 2.13. The van der Waals surface area contributed by atoms with E-state index in [1.807, 2.05) is 38.1 Å². The average Bonchev–Trinajstić information content (AvgIpc) is 2.32. The number of esters is 1. The molecular weight excluding hydrogens is 216 g/mol.